The highest BCUT2D eigenvalue weighted by molar-refractivity contribution is 6.15. The number of nitrogens with one attached hydrogen (secondary N) is 2. The second-order valence-corrected chi connectivity index (χ2v) is 7.87. The molecular formula is C24H18F4N6O. The predicted molar refractivity (Wildman–Crippen MR) is 123 cm³/mol. The molecule has 1 aromatic carbocycles. The molecule has 0 bridgehead atoms. The monoisotopic (exact) mass is 482 g/mol. The number of hydrogen-bond donors (Lipinski definition) is 2. The van der Waals surface area contributed by atoms with Crippen LogP contribution in [0.1, 0.15) is 18.2 Å². The number of aromatic amines is 1. The largest absolute Gasteiger partial charge is 0.435 e. The minimum absolute atomic E-state index is 0.121. The Bertz CT molecular complexity index is 1570. The summed E-state index contributed by atoms with van der Waals surface area (Å²) in [5.74, 6) is -0.517. The Kier molecular flexibility index (Phi) is 5.46. The van der Waals surface area contributed by atoms with Crippen molar-refractivity contribution in [3.8, 4) is 16.8 Å². The number of hydrogen-bond acceptors (Lipinski definition) is 5. The summed E-state index contributed by atoms with van der Waals surface area (Å²) in [6.07, 6.45) is 1.96. The Balaban J connectivity index is 1.88. The zero-order chi connectivity index (χ0) is 24.7. The van der Waals surface area contributed by atoms with Crippen LogP contribution in [0.2, 0.25) is 0 Å². The number of pyridine rings is 2. The van der Waals surface area contributed by atoms with Crippen LogP contribution in [-0.2, 0) is 17.4 Å². The molecule has 35 heavy (non-hydrogen) atoms. The molecule has 0 aliphatic rings. The molecule has 11 heteroatoms. The van der Waals surface area contributed by atoms with Crippen LogP contribution in [0.3, 0.4) is 0 Å². The second-order valence-electron chi connectivity index (χ2n) is 7.87. The molecule has 2 N–H and O–H groups in total. The number of benzene rings is 1. The summed E-state index contributed by atoms with van der Waals surface area (Å²) >= 11 is 0. The lowest BCUT2D eigenvalue weighted by atomic mass is 10.0. The molecule has 0 unspecified atom stereocenters. The number of aromatic nitrogens is 5. The van der Waals surface area contributed by atoms with E-state index in [1.54, 1.807) is 6.07 Å². The fraction of sp³-hybridized carbons (Fsp3) is 0.167. The third-order valence-corrected chi connectivity index (χ3v) is 5.57. The molecule has 0 saturated heterocycles. The molecule has 0 amide bonds. The third-order valence-electron chi connectivity index (χ3n) is 5.57. The van der Waals surface area contributed by atoms with Crippen molar-refractivity contribution in [2.45, 2.75) is 19.5 Å². The van der Waals surface area contributed by atoms with Crippen molar-refractivity contribution in [3.05, 3.63) is 66.1 Å². The van der Waals surface area contributed by atoms with E-state index in [1.807, 2.05) is 6.92 Å². The van der Waals surface area contributed by atoms with E-state index in [1.165, 1.54) is 36.9 Å². The van der Waals surface area contributed by atoms with E-state index < -0.39 is 17.7 Å². The van der Waals surface area contributed by atoms with Gasteiger partial charge >= 0.3 is 6.18 Å². The summed E-state index contributed by atoms with van der Waals surface area (Å²) in [5, 5.41) is 7.70. The Morgan fingerprint density at radius 1 is 1.17 bits per heavy atom. The van der Waals surface area contributed by atoms with E-state index in [2.05, 4.69) is 25.4 Å². The Morgan fingerprint density at radius 2 is 2.00 bits per heavy atom. The van der Waals surface area contributed by atoms with Crippen LogP contribution in [0.5, 0.6) is 0 Å². The van der Waals surface area contributed by atoms with Gasteiger partial charge in [-0.25, -0.2) is 14.1 Å². The quantitative estimate of drug-likeness (QED) is 0.254. The number of rotatable bonds is 6. The van der Waals surface area contributed by atoms with Crippen molar-refractivity contribution in [1.29, 1.82) is 0 Å². The molecule has 4 heterocycles. The molecule has 0 fully saturated rings. The number of halogens is 4. The van der Waals surface area contributed by atoms with Gasteiger partial charge in [0.15, 0.2) is 5.69 Å². The van der Waals surface area contributed by atoms with E-state index in [0.717, 1.165) is 17.0 Å². The maximum Gasteiger partial charge on any atom is 0.435 e. The number of H-pyrrole nitrogens is 1. The van der Waals surface area contributed by atoms with Gasteiger partial charge in [0.1, 0.15) is 17.8 Å². The van der Waals surface area contributed by atoms with Gasteiger partial charge < -0.3 is 15.1 Å². The fourth-order valence-corrected chi connectivity index (χ4v) is 4.13. The van der Waals surface area contributed by atoms with Crippen molar-refractivity contribution in [2.24, 2.45) is 0 Å². The Morgan fingerprint density at radius 3 is 2.71 bits per heavy atom. The van der Waals surface area contributed by atoms with Crippen molar-refractivity contribution < 1.29 is 22.4 Å². The number of aldehydes is 1. The average molecular weight is 482 g/mol. The summed E-state index contributed by atoms with van der Waals surface area (Å²) in [4.78, 5) is 22.8. The lowest BCUT2D eigenvalue weighted by Crippen LogP contribution is -2.08. The van der Waals surface area contributed by atoms with Gasteiger partial charge in [0.2, 0.25) is 0 Å². The van der Waals surface area contributed by atoms with Gasteiger partial charge in [-0.15, -0.1) is 0 Å². The van der Waals surface area contributed by atoms with Gasteiger partial charge in [-0.3, -0.25) is 4.98 Å². The maximum atomic E-state index is 14.6. The number of carbonyl (C=O) groups excluding carboxylic acids is 1. The standard InChI is InChI=1S/C24H18F4N6O/c1-2-30-18-9-15(25)8-16-20-22(34-5-3-19(33-34)24(26,27)28)17(12-31-23(20)32-21(16)18)14-7-13(4-6-35)10-29-11-14/h3,5-12,30H,2,4H2,1H3,(H,31,32). The summed E-state index contributed by atoms with van der Waals surface area (Å²) in [6.45, 7) is 2.39. The van der Waals surface area contributed by atoms with Crippen molar-refractivity contribution in [3.63, 3.8) is 0 Å². The van der Waals surface area contributed by atoms with E-state index in [-0.39, 0.29) is 12.1 Å². The van der Waals surface area contributed by atoms with Crippen LogP contribution in [0.4, 0.5) is 23.2 Å². The van der Waals surface area contributed by atoms with Gasteiger partial charge in [0, 0.05) is 54.3 Å². The molecule has 0 spiro atoms. The zero-order valence-corrected chi connectivity index (χ0v) is 18.3. The smallest absolute Gasteiger partial charge is 0.384 e. The molecule has 0 aliphatic heterocycles. The Labute approximate surface area is 195 Å². The van der Waals surface area contributed by atoms with Crippen molar-refractivity contribution >= 4 is 33.9 Å². The van der Waals surface area contributed by atoms with Crippen LogP contribution in [0.15, 0.2) is 49.1 Å². The number of alkyl halides is 3. The summed E-state index contributed by atoms with van der Waals surface area (Å²) in [5.41, 5.74) is 2.18. The molecule has 178 valence electrons. The topological polar surface area (TPSA) is 88.5 Å². The van der Waals surface area contributed by atoms with E-state index in [4.69, 9.17) is 0 Å². The third kappa shape index (κ3) is 3.98. The van der Waals surface area contributed by atoms with Gasteiger partial charge in [-0.05, 0) is 36.8 Å². The van der Waals surface area contributed by atoms with Crippen LogP contribution in [0, 0.1) is 5.82 Å². The molecule has 0 saturated carbocycles. The first-order valence-corrected chi connectivity index (χ1v) is 10.7. The van der Waals surface area contributed by atoms with Crippen molar-refractivity contribution in [2.75, 3.05) is 11.9 Å². The molecular weight excluding hydrogens is 464 g/mol. The van der Waals surface area contributed by atoms with Crippen molar-refractivity contribution in [1.82, 2.24) is 24.7 Å². The maximum absolute atomic E-state index is 14.6. The van der Waals surface area contributed by atoms with E-state index in [0.29, 0.717) is 50.9 Å². The van der Waals surface area contributed by atoms with Crippen LogP contribution in [0.25, 0.3) is 38.8 Å². The van der Waals surface area contributed by atoms with E-state index in [9.17, 15) is 22.4 Å². The predicted octanol–water partition coefficient (Wildman–Crippen LogP) is 5.29. The highest BCUT2D eigenvalue weighted by Gasteiger charge is 2.34. The molecule has 5 rings (SSSR count). The van der Waals surface area contributed by atoms with Gasteiger partial charge in [0.05, 0.1) is 22.3 Å². The molecule has 4 aromatic heterocycles. The van der Waals surface area contributed by atoms with Gasteiger partial charge in [0.25, 0.3) is 0 Å². The van der Waals surface area contributed by atoms with Gasteiger partial charge in [-0.2, -0.15) is 18.3 Å². The molecule has 0 atom stereocenters. The number of fused-ring (bicyclic) bond motifs is 3. The van der Waals surface area contributed by atoms with Crippen LogP contribution >= 0.6 is 0 Å². The minimum atomic E-state index is -4.65. The highest BCUT2D eigenvalue weighted by Crippen LogP contribution is 2.39. The SMILES string of the molecule is CCNc1cc(F)cc2c1[nH]c1ncc(-c3cncc(CC=O)c3)c(-n3ccc(C(F)(F)F)n3)c12. The molecule has 5 aromatic rings. The lowest BCUT2D eigenvalue weighted by Gasteiger charge is -2.12. The first-order chi connectivity index (χ1) is 16.8. The molecule has 0 aliphatic carbocycles. The normalized spacial score (nSPS) is 11.9. The first kappa shape index (κ1) is 22.5. The fourth-order valence-electron chi connectivity index (χ4n) is 4.13. The van der Waals surface area contributed by atoms with Crippen LogP contribution < -0.4 is 5.32 Å². The van der Waals surface area contributed by atoms with Gasteiger partial charge in [-0.1, -0.05) is 0 Å². The highest BCUT2D eigenvalue weighted by atomic mass is 19.4. The lowest BCUT2D eigenvalue weighted by molar-refractivity contribution is -0.141. The Hall–Kier alpha value is -4.28. The summed E-state index contributed by atoms with van der Waals surface area (Å²) in [6, 6.07) is 5.22. The summed E-state index contributed by atoms with van der Waals surface area (Å²) in [7, 11) is 0. The number of nitrogens with zero attached hydrogens (tertiary/aromatic N) is 4. The minimum Gasteiger partial charge on any atom is -0.384 e. The number of anilines is 1. The molecule has 0 radical (unpaired) electrons. The second kappa shape index (κ2) is 8.49. The average Bonchev–Trinajstić information content (AvgIpc) is 3.45. The first-order valence-electron chi connectivity index (χ1n) is 10.7. The number of carbonyl (C=O) groups is 1. The molecule has 7 nitrogen and oxygen atoms in total. The van der Waals surface area contributed by atoms with Crippen LogP contribution in [-0.4, -0.2) is 37.6 Å². The summed E-state index contributed by atoms with van der Waals surface area (Å²) < 4.78 is 55.8. The zero-order valence-electron chi connectivity index (χ0n) is 18.3. The van der Waals surface area contributed by atoms with E-state index >= 15 is 0 Å².